The lowest BCUT2D eigenvalue weighted by molar-refractivity contribution is 0.0601. The van der Waals surface area contributed by atoms with Crippen molar-refractivity contribution in [3.8, 4) is 0 Å². The first-order valence-electron chi connectivity index (χ1n) is 8.70. The van der Waals surface area contributed by atoms with Gasteiger partial charge in [-0.15, -0.1) is 11.3 Å². The largest absolute Gasteiger partial charge is 0.465 e. The van der Waals surface area contributed by atoms with Gasteiger partial charge in [-0.2, -0.15) is 0 Å². The number of benzene rings is 1. The highest BCUT2D eigenvalue weighted by atomic mass is 32.2. The molecule has 8 heteroatoms. The van der Waals surface area contributed by atoms with Gasteiger partial charge in [0, 0.05) is 17.7 Å². The van der Waals surface area contributed by atoms with Gasteiger partial charge in [-0.25, -0.2) is 14.8 Å². The molecule has 0 aliphatic rings. The lowest BCUT2D eigenvalue weighted by atomic mass is 10.1. The molecule has 0 fully saturated rings. The van der Waals surface area contributed by atoms with Crippen molar-refractivity contribution in [2.45, 2.75) is 44.1 Å². The van der Waals surface area contributed by atoms with E-state index in [1.54, 1.807) is 34.1 Å². The average molecular weight is 404 g/mol. The maximum atomic E-state index is 13.0. The van der Waals surface area contributed by atoms with Crippen LogP contribution in [0.25, 0.3) is 10.9 Å². The second kappa shape index (κ2) is 8.67. The molecule has 0 N–H and O–H groups in total. The molecule has 27 heavy (non-hydrogen) atoms. The van der Waals surface area contributed by atoms with Crippen LogP contribution >= 0.6 is 23.1 Å². The Morgan fingerprint density at radius 1 is 1.33 bits per heavy atom. The Hall–Kier alpha value is -2.19. The molecular weight excluding hydrogens is 382 g/mol. The third-order valence-electron chi connectivity index (χ3n) is 4.09. The van der Waals surface area contributed by atoms with Crippen molar-refractivity contribution in [1.82, 2.24) is 14.5 Å². The van der Waals surface area contributed by atoms with Crippen molar-refractivity contribution >= 4 is 40.0 Å². The Balaban J connectivity index is 2.03. The number of rotatable bonds is 7. The Kier molecular flexibility index (Phi) is 6.28. The number of methoxy groups -OCH3 is 1. The molecule has 0 saturated heterocycles. The molecule has 0 amide bonds. The molecule has 1 aromatic carbocycles. The molecule has 0 unspecified atom stereocenters. The highest BCUT2D eigenvalue weighted by Gasteiger charge is 2.14. The lowest BCUT2D eigenvalue weighted by Gasteiger charge is -2.13. The van der Waals surface area contributed by atoms with E-state index in [1.165, 1.54) is 18.9 Å². The fraction of sp³-hybridized carbons (Fsp3) is 0.368. The number of hydrogen-bond acceptors (Lipinski definition) is 7. The summed E-state index contributed by atoms with van der Waals surface area (Å²) in [4.78, 5) is 34.0. The van der Waals surface area contributed by atoms with Crippen molar-refractivity contribution in [3.05, 3.63) is 50.2 Å². The van der Waals surface area contributed by atoms with Crippen LogP contribution in [0, 0.1) is 6.92 Å². The van der Waals surface area contributed by atoms with Gasteiger partial charge in [0.2, 0.25) is 0 Å². The zero-order chi connectivity index (χ0) is 19.4. The number of esters is 1. The first-order valence-corrected chi connectivity index (χ1v) is 10.6. The first-order chi connectivity index (χ1) is 13.0. The van der Waals surface area contributed by atoms with Gasteiger partial charge >= 0.3 is 5.97 Å². The number of carbonyl (C=O) groups excluding carboxylic acids is 1. The molecule has 0 bridgehead atoms. The van der Waals surface area contributed by atoms with Gasteiger partial charge in [-0.3, -0.25) is 9.36 Å². The summed E-state index contributed by atoms with van der Waals surface area (Å²) in [5.41, 5.74) is 1.78. The molecule has 142 valence electrons. The monoisotopic (exact) mass is 403 g/mol. The van der Waals surface area contributed by atoms with Gasteiger partial charge < -0.3 is 4.74 Å². The van der Waals surface area contributed by atoms with E-state index >= 15 is 0 Å². The second-order valence-electron chi connectivity index (χ2n) is 6.07. The third-order valence-corrected chi connectivity index (χ3v) is 5.92. The normalized spacial score (nSPS) is 11.1. The number of hydrogen-bond donors (Lipinski definition) is 0. The van der Waals surface area contributed by atoms with Crippen molar-refractivity contribution in [2.24, 2.45) is 0 Å². The van der Waals surface area contributed by atoms with Crippen molar-refractivity contribution in [1.29, 1.82) is 0 Å². The van der Waals surface area contributed by atoms with Gasteiger partial charge in [-0.1, -0.05) is 25.1 Å². The minimum atomic E-state index is -0.444. The van der Waals surface area contributed by atoms with Crippen LogP contribution in [0.5, 0.6) is 0 Å². The van der Waals surface area contributed by atoms with E-state index < -0.39 is 5.97 Å². The maximum absolute atomic E-state index is 13.0. The molecular formula is C19H21N3O3S2. The Bertz CT molecular complexity index is 1030. The van der Waals surface area contributed by atoms with Crippen molar-refractivity contribution in [2.75, 3.05) is 7.11 Å². The van der Waals surface area contributed by atoms with E-state index in [2.05, 4.69) is 16.9 Å². The van der Waals surface area contributed by atoms with Crippen LogP contribution in [0.3, 0.4) is 0 Å². The zero-order valence-corrected chi connectivity index (χ0v) is 17.2. The van der Waals surface area contributed by atoms with Gasteiger partial charge in [0.05, 0.1) is 34.3 Å². The molecule has 2 aromatic heterocycles. The summed E-state index contributed by atoms with van der Waals surface area (Å²) in [6.45, 7) is 4.68. The van der Waals surface area contributed by atoms with E-state index in [9.17, 15) is 9.59 Å². The quantitative estimate of drug-likeness (QED) is 0.337. The molecule has 0 aliphatic heterocycles. The smallest absolute Gasteiger partial charge is 0.337 e. The van der Waals surface area contributed by atoms with Crippen LogP contribution in [0.2, 0.25) is 0 Å². The summed E-state index contributed by atoms with van der Waals surface area (Å²) < 4.78 is 6.50. The predicted octanol–water partition coefficient (Wildman–Crippen LogP) is 4.04. The van der Waals surface area contributed by atoms with Crippen LogP contribution < -0.4 is 5.56 Å². The Morgan fingerprint density at radius 2 is 2.15 bits per heavy atom. The summed E-state index contributed by atoms with van der Waals surface area (Å²) >= 11 is 3.10. The van der Waals surface area contributed by atoms with E-state index in [0.29, 0.717) is 33.9 Å². The number of thiazole rings is 1. The van der Waals surface area contributed by atoms with Crippen molar-refractivity contribution in [3.63, 3.8) is 0 Å². The van der Waals surface area contributed by atoms with Crippen LogP contribution in [0.1, 0.15) is 40.8 Å². The molecule has 0 aliphatic carbocycles. The predicted molar refractivity (Wildman–Crippen MR) is 109 cm³/mol. The van der Waals surface area contributed by atoms with E-state index in [-0.39, 0.29) is 5.56 Å². The molecule has 0 saturated carbocycles. The number of nitrogens with zero attached hydrogens (tertiary/aromatic N) is 3. The first kappa shape index (κ1) is 19.6. The highest BCUT2D eigenvalue weighted by Crippen LogP contribution is 2.24. The number of fused-ring (bicyclic) bond motifs is 1. The number of unbranched alkanes of at least 4 members (excludes halogenated alkanes) is 1. The third kappa shape index (κ3) is 4.39. The number of ether oxygens (including phenoxy) is 1. The van der Waals surface area contributed by atoms with E-state index in [1.807, 2.05) is 12.3 Å². The Labute approximate surface area is 165 Å². The molecule has 3 rings (SSSR count). The average Bonchev–Trinajstić information content (AvgIpc) is 3.10. The maximum Gasteiger partial charge on any atom is 0.337 e. The van der Waals surface area contributed by atoms with Crippen molar-refractivity contribution < 1.29 is 9.53 Å². The van der Waals surface area contributed by atoms with Gasteiger partial charge in [-0.05, 0) is 31.5 Å². The van der Waals surface area contributed by atoms with Crippen LogP contribution in [-0.2, 0) is 17.0 Å². The van der Waals surface area contributed by atoms with E-state index in [4.69, 9.17) is 4.74 Å². The van der Waals surface area contributed by atoms with E-state index in [0.717, 1.165) is 23.5 Å². The molecule has 0 radical (unpaired) electrons. The molecule has 6 nitrogen and oxygen atoms in total. The summed E-state index contributed by atoms with van der Waals surface area (Å²) in [6, 6.07) is 4.87. The van der Waals surface area contributed by atoms with Crippen LogP contribution in [0.4, 0.5) is 0 Å². The number of aryl methyl sites for hydroxylation is 1. The highest BCUT2D eigenvalue weighted by molar-refractivity contribution is 7.98. The summed E-state index contributed by atoms with van der Waals surface area (Å²) in [6.07, 6.45) is 1.89. The summed E-state index contributed by atoms with van der Waals surface area (Å²) in [5, 5.41) is 4.19. The number of aromatic nitrogens is 3. The fourth-order valence-electron chi connectivity index (χ4n) is 2.68. The van der Waals surface area contributed by atoms with Gasteiger partial charge in [0.1, 0.15) is 0 Å². The number of thioether (sulfide) groups is 1. The molecule has 0 atom stereocenters. The summed E-state index contributed by atoms with van der Waals surface area (Å²) in [5.74, 6) is 0.200. The minimum Gasteiger partial charge on any atom is -0.465 e. The van der Waals surface area contributed by atoms with Crippen LogP contribution in [-0.4, -0.2) is 27.6 Å². The second-order valence-corrected chi connectivity index (χ2v) is 8.08. The standard InChI is InChI=1S/C19H21N3O3S2/c1-4-5-8-22-17(23)15-7-6-13(18(24)25-3)9-16(15)21-19(22)27-11-14-10-26-12(2)20-14/h6-7,9-10H,4-5,8,11H2,1-3H3. The lowest BCUT2D eigenvalue weighted by Crippen LogP contribution is -2.23. The fourth-order valence-corrected chi connectivity index (χ4v) is 4.32. The molecule has 2 heterocycles. The molecule has 0 spiro atoms. The Morgan fingerprint density at radius 3 is 2.81 bits per heavy atom. The van der Waals surface area contributed by atoms with Crippen LogP contribution in [0.15, 0.2) is 33.5 Å². The SMILES string of the molecule is CCCCn1c(SCc2csc(C)n2)nc2cc(C(=O)OC)ccc2c1=O. The van der Waals surface area contributed by atoms with Gasteiger partial charge in [0.15, 0.2) is 5.16 Å². The minimum absolute atomic E-state index is 0.0816. The summed E-state index contributed by atoms with van der Waals surface area (Å²) in [7, 11) is 1.33. The topological polar surface area (TPSA) is 74.1 Å². The number of carbonyl (C=O) groups is 1. The van der Waals surface area contributed by atoms with Gasteiger partial charge in [0.25, 0.3) is 5.56 Å². The molecule has 3 aromatic rings. The zero-order valence-electron chi connectivity index (χ0n) is 15.5.